The Hall–Kier alpha value is -3.60. The van der Waals surface area contributed by atoms with Gasteiger partial charge in [-0.2, -0.15) is 13.2 Å². The lowest BCUT2D eigenvalue weighted by Crippen LogP contribution is -2.66. The van der Waals surface area contributed by atoms with Gasteiger partial charge in [-0.25, -0.2) is 0 Å². The number of aromatic nitrogens is 1. The second kappa shape index (κ2) is 8.26. The summed E-state index contributed by atoms with van der Waals surface area (Å²) < 4.78 is 40.0. The third-order valence-electron chi connectivity index (χ3n) is 5.23. The third kappa shape index (κ3) is 4.17. The van der Waals surface area contributed by atoms with Crippen LogP contribution in [0.1, 0.15) is 23.7 Å². The van der Waals surface area contributed by atoms with Gasteiger partial charge in [-0.1, -0.05) is 42.3 Å². The maximum absolute atomic E-state index is 13.3. The number of hydrogen-bond acceptors (Lipinski definition) is 3. The number of carbonyl (C=O) groups excluding carboxylic acids is 2. The quantitative estimate of drug-likeness (QED) is 0.555. The Morgan fingerprint density at radius 2 is 1.84 bits per heavy atom. The summed E-state index contributed by atoms with van der Waals surface area (Å²) in [5.74, 6) is 1.30. The number of pyridine rings is 1. The van der Waals surface area contributed by atoms with Crippen molar-refractivity contribution in [2.45, 2.75) is 25.1 Å². The van der Waals surface area contributed by atoms with Crippen LogP contribution >= 0.6 is 0 Å². The Balaban J connectivity index is 2.08. The lowest BCUT2D eigenvalue weighted by atomic mass is 9.86. The predicted molar refractivity (Wildman–Crippen MR) is 109 cm³/mol. The zero-order valence-corrected chi connectivity index (χ0v) is 17.0. The van der Waals surface area contributed by atoms with Crippen LogP contribution < -0.4 is 0 Å². The SMILES string of the molecule is C#CCN1C(=O)/C(=C/c2cccnc2C(F)(F)F)N(C)C(=O)C1(C)Cc1ccccc1. The highest BCUT2D eigenvalue weighted by Gasteiger charge is 2.50. The number of rotatable bonds is 4. The first-order valence-electron chi connectivity index (χ1n) is 9.41. The highest BCUT2D eigenvalue weighted by molar-refractivity contribution is 6.09. The molecule has 0 spiro atoms. The van der Waals surface area contributed by atoms with Crippen molar-refractivity contribution in [2.24, 2.45) is 0 Å². The van der Waals surface area contributed by atoms with Crippen LogP contribution in [-0.2, 0) is 22.2 Å². The van der Waals surface area contributed by atoms with E-state index in [-0.39, 0.29) is 24.2 Å². The molecular formula is C23H20F3N3O2. The van der Waals surface area contributed by atoms with Crippen molar-refractivity contribution in [1.29, 1.82) is 0 Å². The first-order chi connectivity index (χ1) is 14.6. The topological polar surface area (TPSA) is 53.5 Å². The Kier molecular flexibility index (Phi) is 5.89. The maximum Gasteiger partial charge on any atom is 0.433 e. The monoisotopic (exact) mass is 427 g/mol. The number of carbonyl (C=O) groups is 2. The van der Waals surface area contributed by atoms with Gasteiger partial charge in [0.15, 0.2) is 5.69 Å². The lowest BCUT2D eigenvalue weighted by Gasteiger charge is -2.46. The normalized spacial score (nSPS) is 20.8. The second-order valence-electron chi connectivity index (χ2n) is 7.36. The van der Waals surface area contributed by atoms with Gasteiger partial charge >= 0.3 is 6.18 Å². The summed E-state index contributed by atoms with van der Waals surface area (Å²) in [6, 6.07) is 11.6. The number of halogens is 3. The van der Waals surface area contributed by atoms with Crippen molar-refractivity contribution in [3.8, 4) is 12.3 Å². The Labute approximate surface area is 178 Å². The fourth-order valence-electron chi connectivity index (χ4n) is 3.67. The number of likely N-dealkylation sites (N-methyl/N-ethyl adjacent to an activating group) is 1. The van der Waals surface area contributed by atoms with Crippen molar-refractivity contribution >= 4 is 17.9 Å². The van der Waals surface area contributed by atoms with Crippen molar-refractivity contribution in [2.75, 3.05) is 13.6 Å². The maximum atomic E-state index is 13.3. The van der Waals surface area contributed by atoms with Crippen molar-refractivity contribution in [1.82, 2.24) is 14.8 Å². The first-order valence-corrected chi connectivity index (χ1v) is 9.41. The van der Waals surface area contributed by atoms with Gasteiger partial charge in [0.05, 0.1) is 6.54 Å². The molecule has 1 aromatic carbocycles. The van der Waals surface area contributed by atoms with E-state index in [9.17, 15) is 22.8 Å². The number of piperazine rings is 1. The van der Waals surface area contributed by atoms with Crippen molar-refractivity contribution < 1.29 is 22.8 Å². The van der Waals surface area contributed by atoms with Gasteiger partial charge in [-0.15, -0.1) is 6.42 Å². The standard InChI is InChI=1S/C23H20F3N3O2/c1-4-13-29-20(30)18(14-17-11-8-12-27-19(17)23(24,25)26)28(3)21(31)22(29,2)15-16-9-6-5-7-10-16/h1,5-12,14H,13,15H2,2-3H3/b18-14-. The molecule has 31 heavy (non-hydrogen) atoms. The second-order valence-corrected chi connectivity index (χ2v) is 7.36. The summed E-state index contributed by atoms with van der Waals surface area (Å²) in [5.41, 5.74) is -2.13. The molecule has 0 N–H and O–H groups in total. The molecule has 0 aliphatic carbocycles. The van der Waals surface area contributed by atoms with E-state index in [1.165, 1.54) is 24.1 Å². The summed E-state index contributed by atoms with van der Waals surface area (Å²) in [5, 5.41) is 0. The molecule has 1 atom stereocenters. The first kappa shape index (κ1) is 22.1. The van der Waals surface area contributed by atoms with E-state index in [0.717, 1.165) is 22.7 Å². The number of hydrogen-bond donors (Lipinski definition) is 0. The molecule has 3 rings (SSSR count). The summed E-state index contributed by atoms with van der Waals surface area (Å²) in [6.07, 6.45) is 2.99. The molecule has 1 fully saturated rings. The Morgan fingerprint density at radius 1 is 1.16 bits per heavy atom. The van der Waals surface area contributed by atoms with Crippen molar-refractivity contribution in [3.63, 3.8) is 0 Å². The molecule has 5 nitrogen and oxygen atoms in total. The minimum Gasteiger partial charge on any atom is -0.311 e. The van der Waals surface area contributed by atoms with Gasteiger partial charge in [-0.05, 0) is 24.6 Å². The van der Waals surface area contributed by atoms with Crippen LogP contribution in [0.5, 0.6) is 0 Å². The number of alkyl halides is 3. The van der Waals surface area contributed by atoms with Gasteiger partial charge in [0.25, 0.3) is 11.8 Å². The fourth-order valence-corrected chi connectivity index (χ4v) is 3.67. The van der Waals surface area contributed by atoms with Crippen LogP contribution in [0.4, 0.5) is 13.2 Å². The summed E-state index contributed by atoms with van der Waals surface area (Å²) in [6.45, 7) is 1.44. The van der Waals surface area contributed by atoms with E-state index in [1.54, 1.807) is 6.92 Å². The molecule has 1 unspecified atom stereocenters. The number of amides is 2. The van der Waals surface area contributed by atoms with Gasteiger partial charge < -0.3 is 9.80 Å². The molecule has 0 saturated carbocycles. The van der Waals surface area contributed by atoms with Gasteiger partial charge in [0.1, 0.15) is 11.2 Å². The van der Waals surface area contributed by atoms with Crippen LogP contribution in [0.3, 0.4) is 0 Å². The van der Waals surface area contributed by atoms with Crippen LogP contribution in [-0.4, -0.2) is 45.7 Å². The summed E-state index contributed by atoms with van der Waals surface area (Å²) >= 11 is 0. The summed E-state index contributed by atoms with van der Waals surface area (Å²) in [4.78, 5) is 32.4. The smallest absolute Gasteiger partial charge is 0.311 e. The molecule has 160 valence electrons. The van der Waals surface area contributed by atoms with Crippen LogP contribution in [0.2, 0.25) is 0 Å². The molecule has 0 radical (unpaired) electrons. The van der Waals surface area contributed by atoms with Crippen LogP contribution in [0.15, 0.2) is 54.4 Å². The molecule has 1 aromatic heterocycles. The van der Waals surface area contributed by atoms with Crippen molar-refractivity contribution in [3.05, 3.63) is 71.2 Å². The molecular weight excluding hydrogens is 407 g/mol. The molecule has 2 amide bonds. The predicted octanol–water partition coefficient (Wildman–Crippen LogP) is 3.38. The largest absolute Gasteiger partial charge is 0.433 e. The molecule has 1 aliphatic heterocycles. The average molecular weight is 427 g/mol. The number of terminal acetylenes is 1. The van der Waals surface area contributed by atoms with E-state index in [2.05, 4.69) is 10.9 Å². The molecule has 8 heteroatoms. The van der Waals surface area contributed by atoms with Gasteiger partial charge in [-0.3, -0.25) is 14.6 Å². The number of nitrogens with zero attached hydrogens (tertiary/aromatic N) is 3. The minimum atomic E-state index is -4.71. The zero-order chi connectivity index (χ0) is 22.8. The Bertz CT molecular complexity index is 1070. The van der Waals surface area contributed by atoms with Gasteiger partial charge in [0, 0.05) is 25.2 Å². The van der Waals surface area contributed by atoms with E-state index < -0.39 is 29.2 Å². The summed E-state index contributed by atoms with van der Waals surface area (Å²) in [7, 11) is 1.37. The van der Waals surface area contributed by atoms with Crippen LogP contribution in [0.25, 0.3) is 6.08 Å². The molecule has 2 heterocycles. The Morgan fingerprint density at radius 3 is 2.45 bits per heavy atom. The lowest BCUT2D eigenvalue weighted by molar-refractivity contribution is -0.156. The van der Waals surface area contributed by atoms with E-state index in [0.29, 0.717) is 0 Å². The van der Waals surface area contributed by atoms with E-state index in [4.69, 9.17) is 6.42 Å². The van der Waals surface area contributed by atoms with E-state index in [1.807, 2.05) is 30.3 Å². The zero-order valence-electron chi connectivity index (χ0n) is 17.0. The number of benzene rings is 1. The molecule has 0 bridgehead atoms. The molecule has 1 saturated heterocycles. The minimum absolute atomic E-state index is 0.168. The average Bonchev–Trinajstić information content (AvgIpc) is 2.73. The molecule has 2 aromatic rings. The third-order valence-corrected chi connectivity index (χ3v) is 5.23. The van der Waals surface area contributed by atoms with Gasteiger partial charge in [0.2, 0.25) is 0 Å². The van der Waals surface area contributed by atoms with Crippen LogP contribution in [0, 0.1) is 12.3 Å². The fraction of sp³-hybridized carbons (Fsp3) is 0.261. The molecule has 1 aliphatic rings. The highest BCUT2D eigenvalue weighted by Crippen LogP contribution is 2.35. The highest BCUT2D eigenvalue weighted by atomic mass is 19.4. The van der Waals surface area contributed by atoms with E-state index >= 15 is 0 Å².